The average molecular weight is 643 g/mol. The van der Waals surface area contributed by atoms with Gasteiger partial charge in [0.15, 0.2) is 0 Å². The summed E-state index contributed by atoms with van der Waals surface area (Å²) < 4.78 is 1.95. The number of H-pyrrole nitrogens is 1. The van der Waals surface area contributed by atoms with Gasteiger partial charge in [-0.25, -0.2) is 9.79 Å². The second kappa shape index (κ2) is 14.4. The quantitative estimate of drug-likeness (QED) is 0.150. The summed E-state index contributed by atoms with van der Waals surface area (Å²) in [6, 6.07) is 32.8. The number of aromatic amines is 1. The minimum Gasteiger partial charge on any atom is -0.396 e. The first-order chi connectivity index (χ1) is 23.6. The summed E-state index contributed by atoms with van der Waals surface area (Å²) in [4.78, 5) is 38.4. The number of hydrogen-bond acceptors (Lipinski definition) is 6. The second-order valence-corrected chi connectivity index (χ2v) is 12.8. The number of aliphatic hydroxyl groups excluding tert-OH is 1. The van der Waals surface area contributed by atoms with Crippen LogP contribution in [0.5, 0.6) is 0 Å². The number of amidine groups is 1. The van der Waals surface area contributed by atoms with Crippen molar-refractivity contribution in [1.29, 1.82) is 0 Å². The molecule has 9 heteroatoms. The van der Waals surface area contributed by atoms with E-state index < -0.39 is 0 Å². The normalized spacial score (nSPS) is 15.4. The van der Waals surface area contributed by atoms with Crippen LogP contribution in [0.1, 0.15) is 65.2 Å². The zero-order chi connectivity index (χ0) is 32.9. The molecular formula is C39H42N6O3. The molecule has 0 unspecified atom stereocenters. The molecule has 4 aromatic carbocycles. The van der Waals surface area contributed by atoms with Gasteiger partial charge in [-0.15, -0.1) is 0 Å². The molecule has 0 atom stereocenters. The minimum absolute atomic E-state index is 0.0183. The van der Waals surface area contributed by atoms with Crippen LogP contribution in [0.3, 0.4) is 0 Å². The summed E-state index contributed by atoms with van der Waals surface area (Å²) in [5.41, 5.74) is 7.70. The third-order valence-electron chi connectivity index (χ3n) is 9.51. The van der Waals surface area contributed by atoms with E-state index in [0.29, 0.717) is 18.7 Å². The van der Waals surface area contributed by atoms with E-state index in [-0.39, 0.29) is 24.2 Å². The molecule has 246 valence electrons. The number of nitrogens with one attached hydrogen (secondary N) is 2. The van der Waals surface area contributed by atoms with Crippen LogP contribution >= 0.6 is 0 Å². The number of benzene rings is 4. The maximum absolute atomic E-state index is 12.9. The first-order valence-electron chi connectivity index (χ1n) is 17.0. The first kappa shape index (κ1) is 31.6. The molecule has 1 amide bonds. The topological polar surface area (TPSA) is 106 Å². The molecule has 1 fully saturated rings. The maximum Gasteiger partial charge on any atom is 0.326 e. The average Bonchev–Trinajstić information content (AvgIpc) is 3.47. The number of carbonyl (C=O) groups is 1. The van der Waals surface area contributed by atoms with Crippen molar-refractivity contribution in [1.82, 2.24) is 19.8 Å². The number of para-hydroxylation sites is 3. The van der Waals surface area contributed by atoms with Crippen molar-refractivity contribution in [2.75, 3.05) is 31.1 Å². The third-order valence-corrected chi connectivity index (χ3v) is 9.51. The number of aliphatic hydroxyl groups is 1. The van der Waals surface area contributed by atoms with E-state index >= 15 is 0 Å². The fourth-order valence-corrected chi connectivity index (χ4v) is 6.93. The van der Waals surface area contributed by atoms with Crippen LogP contribution in [0.4, 0.5) is 11.4 Å². The number of fused-ring (bicyclic) bond motifs is 2. The summed E-state index contributed by atoms with van der Waals surface area (Å²) in [6.45, 7) is 4.11. The molecule has 9 nitrogen and oxygen atoms in total. The first-order valence-corrected chi connectivity index (χ1v) is 17.0. The van der Waals surface area contributed by atoms with Crippen molar-refractivity contribution in [2.24, 2.45) is 4.99 Å². The molecule has 2 aliphatic rings. The van der Waals surface area contributed by atoms with Gasteiger partial charge in [-0.05, 0) is 85.7 Å². The Hall–Kier alpha value is -4.99. The molecule has 1 saturated heterocycles. The molecule has 5 aromatic rings. The zero-order valence-corrected chi connectivity index (χ0v) is 27.1. The standard InChI is InChI=1S/C39H42N6O3/c46-24-8-2-7-21-40-38(47)30-17-18-34-31(25-30)27-44(32-9-3-1-4-10-32)37(41-34)29-15-13-28(14-16-29)26-43-22-19-33(20-23-43)45-36-12-6-5-11-35(36)42-39(45)48/h1,3-6,9-18,25,33,46H,2,7-8,19-24,26-27H2,(H,40,47)(H,42,48). The number of unbranched alkanes of at least 4 members (excludes halogenated alkanes) is 2. The summed E-state index contributed by atoms with van der Waals surface area (Å²) in [5, 5.41) is 12.0. The fourth-order valence-electron chi connectivity index (χ4n) is 6.93. The highest BCUT2D eigenvalue weighted by Gasteiger charge is 2.25. The lowest BCUT2D eigenvalue weighted by Gasteiger charge is -2.33. The number of imidazole rings is 1. The molecule has 3 heterocycles. The highest BCUT2D eigenvalue weighted by atomic mass is 16.3. The molecule has 2 aliphatic heterocycles. The fraction of sp³-hybridized carbons (Fsp3) is 0.308. The molecule has 0 aliphatic carbocycles. The highest BCUT2D eigenvalue weighted by Crippen LogP contribution is 2.33. The van der Waals surface area contributed by atoms with Crippen molar-refractivity contribution in [3.8, 4) is 0 Å². The van der Waals surface area contributed by atoms with Crippen molar-refractivity contribution < 1.29 is 9.90 Å². The van der Waals surface area contributed by atoms with Crippen molar-refractivity contribution >= 4 is 34.2 Å². The lowest BCUT2D eigenvalue weighted by Crippen LogP contribution is -2.36. The van der Waals surface area contributed by atoms with Gasteiger partial charge in [-0.3, -0.25) is 14.3 Å². The number of amides is 1. The van der Waals surface area contributed by atoms with Crippen LogP contribution < -0.4 is 15.9 Å². The maximum atomic E-state index is 12.9. The molecule has 1 aromatic heterocycles. The van der Waals surface area contributed by atoms with Gasteiger partial charge in [0, 0.05) is 55.6 Å². The van der Waals surface area contributed by atoms with E-state index in [1.165, 1.54) is 5.56 Å². The smallest absolute Gasteiger partial charge is 0.326 e. The summed E-state index contributed by atoms with van der Waals surface area (Å²) in [6.07, 6.45) is 4.37. The number of nitrogens with zero attached hydrogens (tertiary/aromatic N) is 4. The van der Waals surface area contributed by atoms with Gasteiger partial charge in [0.2, 0.25) is 0 Å². The van der Waals surface area contributed by atoms with Gasteiger partial charge in [0.05, 0.1) is 23.3 Å². The summed E-state index contributed by atoms with van der Waals surface area (Å²) >= 11 is 0. The Bertz CT molecular complexity index is 1960. The molecule has 7 rings (SSSR count). The number of rotatable bonds is 11. The van der Waals surface area contributed by atoms with E-state index in [1.807, 2.05) is 65.2 Å². The van der Waals surface area contributed by atoms with Gasteiger partial charge in [0.25, 0.3) is 5.91 Å². The van der Waals surface area contributed by atoms with Crippen LogP contribution in [0.25, 0.3) is 11.0 Å². The number of aliphatic imine (C=N–C) groups is 1. The number of piperidine rings is 1. The molecule has 0 bridgehead atoms. The van der Waals surface area contributed by atoms with Crippen molar-refractivity contribution in [2.45, 2.75) is 51.2 Å². The van der Waals surface area contributed by atoms with E-state index in [0.717, 1.165) is 91.1 Å². The van der Waals surface area contributed by atoms with Gasteiger partial charge in [-0.2, -0.15) is 0 Å². The Balaban J connectivity index is 1.04. The Labute approximate surface area is 280 Å². The van der Waals surface area contributed by atoms with Crippen LogP contribution in [0.2, 0.25) is 0 Å². The number of likely N-dealkylation sites (tertiary alicyclic amines) is 1. The number of aromatic nitrogens is 2. The Kier molecular flexibility index (Phi) is 9.49. The predicted octanol–water partition coefficient (Wildman–Crippen LogP) is 6.16. The van der Waals surface area contributed by atoms with E-state index in [2.05, 4.69) is 56.5 Å². The second-order valence-electron chi connectivity index (χ2n) is 12.8. The van der Waals surface area contributed by atoms with Gasteiger partial charge in [0.1, 0.15) is 5.84 Å². The number of carbonyl (C=O) groups excluding carboxylic acids is 1. The van der Waals surface area contributed by atoms with Crippen molar-refractivity contribution in [3.05, 3.63) is 130 Å². The van der Waals surface area contributed by atoms with E-state index in [9.17, 15) is 9.59 Å². The van der Waals surface area contributed by atoms with Crippen LogP contribution in [0.15, 0.2) is 107 Å². The Morgan fingerprint density at radius 2 is 1.67 bits per heavy atom. The SMILES string of the molecule is O=C(NCCCCCO)c1ccc2c(c1)CN(c1ccccc1)C(c1ccc(CN3CCC(n4c(=O)[nH]c5ccccc54)CC3)cc1)=N2. The van der Waals surface area contributed by atoms with Crippen LogP contribution in [-0.4, -0.2) is 57.5 Å². The monoisotopic (exact) mass is 642 g/mol. The number of anilines is 1. The largest absolute Gasteiger partial charge is 0.396 e. The summed E-state index contributed by atoms with van der Waals surface area (Å²) in [7, 11) is 0. The molecule has 0 radical (unpaired) electrons. The predicted molar refractivity (Wildman–Crippen MR) is 191 cm³/mol. The van der Waals surface area contributed by atoms with Crippen molar-refractivity contribution in [3.63, 3.8) is 0 Å². The molecule has 3 N–H and O–H groups in total. The molecule has 0 saturated carbocycles. The zero-order valence-electron chi connectivity index (χ0n) is 27.1. The van der Waals surface area contributed by atoms with Crippen LogP contribution in [-0.2, 0) is 13.1 Å². The summed E-state index contributed by atoms with van der Waals surface area (Å²) in [5.74, 6) is 0.792. The molecule has 48 heavy (non-hydrogen) atoms. The number of hydrogen-bond donors (Lipinski definition) is 3. The third kappa shape index (κ3) is 6.83. The molecular weight excluding hydrogens is 600 g/mol. The Morgan fingerprint density at radius 3 is 2.46 bits per heavy atom. The van der Waals surface area contributed by atoms with Gasteiger partial charge < -0.3 is 20.3 Å². The Morgan fingerprint density at radius 1 is 0.896 bits per heavy atom. The highest BCUT2D eigenvalue weighted by molar-refractivity contribution is 6.12. The van der Waals surface area contributed by atoms with Crippen LogP contribution in [0, 0.1) is 0 Å². The minimum atomic E-state index is -0.0884. The lowest BCUT2D eigenvalue weighted by atomic mass is 10.0. The molecule has 0 spiro atoms. The van der Waals surface area contributed by atoms with E-state index in [1.54, 1.807) is 0 Å². The van der Waals surface area contributed by atoms with E-state index in [4.69, 9.17) is 10.1 Å². The lowest BCUT2D eigenvalue weighted by molar-refractivity contribution is 0.0952. The van der Waals surface area contributed by atoms with Gasteiger partial charge in [-0.1, -0.05) is 54.6 Å². The van der Waals surface area contributed by atoms with Gasteiger partial charge >= 0.3 is 5.69 Å².